The highest BCUT2D eigenvalue weighted by atomic mass is 79.9. The van der Waals surface area contributed by atoms with Crippen molar-refractivity contribution in [3.63, 3.8) is 0 Å². The zero-order chi connectivity index (χ0) is 10.7. The highest BCUT2D eigenvalue weighted by Gasteiger charge is 2.06. The highest BCUT2D eigenvalue weighted by Crippen LogP contribution is 2.31. The summed E-state index contributed by atoms with van der Waals surface area (Å²) in [5, 5.41) is 3.30. The minimum absolute atomic E-state index is 0.736. The molecule has 80 valence electrons. The van der Waals surface area contributed by atoms with Gasteiger partial charge in [-0.05, 0) is 41.0 Å². The van der Waals surface area contributed by atoms with E-state index >= 15 is 0 Å². The third-order valence-corrected chi connectivity index (χ3v) is 4.53. The highest BCUT2D eigenvalue weighted by molar-refractivity contribution is 9.11. The Hall–Kier alpha value is -0.230. The summed E-state index contributed by atoms with van der Waals surface area (Å²) in [6.45, 7) is 0.736. The molecule has 0 saturated heterocycles. The summed E-state index contributed by atoms with van der Waals surface area (Å²) in [6.07, 6.45) is 2.01. The summed E-state index contributed by atoms with van der Waals surface area (Å²) in [4.78, 5) is 5.80. The summed E-state index contributed by atoms with van der Waals surface area (Å²) >= 11 is 6.89. The summed E-state index contributed by atoms with van der Waals surface area (Å²) in [5.74, 6) is 0. The van der Waals surface area contributed by atoms with Gasteiger partial charge >= 0.3 is 0 Å². The number of hydrogen-bond acceptors (Lipinski definition) is 4. The van der Waals surface area contributed by atoms with E-state index in [9.17, 15) is 0 Å². The molecule has 0 atom stereocenters. The average molecular weight is 303 g/mol. The molecule has 0 amide bonds. The molecule has 0 aliphatic heterocycles. The molecule has 2 rings (SSSR count). The Bertz CT molecular complexity index is 436. The van der Waals surface area contributed by atoms with Crippen LogP contribution in [-0.2, 0) is 6.42 Å². The van der Waals surface area contributed by atoms with Gasteiger partial charge in [-0.25, -0.2) is 4.98 Å². The van der Waals surface area contributed by atoms with Gasteiger partial charge < -0.3 is 5.73 Å². The summed E-state index contributed by atoms with van der Waals surface area (Å²) in [7, 11) is 0. The van der Waals surface area contributed by atoms with Crippen LogP contribution in [0.2, 0.25) is 0 Å². The van der Waals surface area contributed by atoms with Crippen molar-refractivity contribution < 1.29 is 0 Å². The molecule has 0 aliphatic rings. The van der Waals surface area contributed by atoms with Crippen LogP contribution in [0.4, 0.5) is 0 Å². The summed E-state index contributed by atoms with van der Waals surface area (Å²) in [6, 6.07) is 4.15. The van der Waals surface area contributed by atoms with Gasteiger partial charge in [0.2, 0.25) is 0 Å². The van der Waals surface area contributed by atoms with Crippen molar-refractivity contribution in [2.45, 2.75) is 12.8 Å². The quantitative estimate of drug-likeness (QED) is 0.938. The molecule has 0 saturated carbocycles. The Kier molecular flexibility index (Phi) is 3.91. The molecule has 2 nitrogen and oxygen atoms in total. The first-order chi connectivity index (χ1) is 7.29. The van der Waals surface area contributed by atoms with Gasteiger partial charge in [0.15, 0.2) is 0 Å². The third kappa shape index (κ3) is 2.87. The molecule has 0 spiro atoms. The molecule has 0 aromatic carbocycles. The van der Waals surface area contributed by atoms with Crippen LogP contribution in [0.15, 0.2) is 21.3 Å². The molecule has 15 heavy (non-hydrogen) atoms. The topological polar surface area (TPSA) is 38.9 Å². The van der Waals surface area contributed by atoms with Crippen LogP contribution in [0.25, 0.3) is 10.6 Å². The van der Waals surface area contributed by atoms with E-state index in [2.05, 4.69) is 38.4 Å². The van der Waals surface area contributed by atoms with Crippen molar-refractivity contribution in [2.75, 3.05) is 6.54 Å². The number of rotatable bonds is 4. The number of hydrogen-bond donors (Lipinski definition) is 1. The average Bonchev–Trinajstić information content (AvgIpc) is 2.83. The van der Waals surface area contributed by atoms with Crippen LogP contribution in [0.5, 0.6) is 0 Å². The molecule has 2 heterocycles. The second-order valence-corrected chi connectivity index (χ2v) is 6.53. The second-order valence-electron chi connectivity index (χ2n) is 3.12. The van der Waals surface area contributed by atoms with Crippen LogP contribution in [-0.4, -0.2) is 11.5 Å². The van der Waals surface area contributed by atoms with E-state index in [0.29, 0.717) is 0 Å². The molecule has 0 bridgehead atoms. The second kappa shape index (κ2) is 5.21. The maximum Gasteiger partial charge on any atom is 0.0933 e. The Morgan fingerprint density at radius 3 is 2.93 bits per heavy atom. The smallest absolute Gasteiger partial charge is 0.0933 e. The van der Waals surface area contributed by atoms with E-state index in [4.69, 9.17) is 5.73 Å². The van der Waals surface area contributed by atoms with Crippen LogP contribution in [0.3, 0.4) is 0 Å². The van der Waals surface area contributed by atoms with Crippen molar-refractivity contribution in [3.8, 4) is 10.6 Å². The molecule has 0 radical (unpaired) electrons. The number of nitrogens with zero attached hydrogens (tertiary/aromatic N) is 1. The Morgan fingerprint density at radius 2 is 2.27 bits per heavy atom. The van der Waals surface area contributed by atoms with Crippen molar-refractivity contribution >= 4 is 38.6 Å². The Morgan fingerprint density at radius 1 is 1.40 bits per heavy atom. The first-order valence-electron chi connectivity index (χ1n) is 4.70. The lowest BCUT2D eigenvalue weighted by Gasteiger charge is -1.91. The predicted octanol–water partition coefficient (Wildman–Crippen LogP) is 3.53. The first kappa shape index (κ1) is 11.3. The van der Waals surface area contributed by atoms with Crippen LogP contribution >= 0.6 is 38.6 Å². The van der Waals surface area contributed by atoms with Crippen LogP contribution in [0.1, 0.15) is 11.4 Å². The van der Waals surface area contributed by atoms with Gasteiger partial charge in [0.25, 0.3) is 0 Å². The van der Waals surface area contributed by atoms with Gasteiger partial charge in [-0.1, -0.05) is 0 Å². The maximum absolute atomic E-state index is 5.47. The Balaban J connectivity index is 2.13. The molecule has 5 heteroatoms. The number of thiazole rings is 1. The molecule has 2 aromatic rings. The molecule has 2 N–H and O–H groups in total. The predicted molar refractivity (Wildman–Crippen MR) is 70.5 cm³/mol. The molecular weight excluding hydrogens is 292 g/mol. The minimum Gasteiger partial charge on any atom is -0.330 e. The van der Waals surface area contributed by atoms with Crippen molar-refractivity contribution in [2.24, 2.45) is 5.73 Å². The summed E-state index contributed by atoms with van der Waals surface area (Å²) in [5.41, 5.74) is 6.56. The number of aromatic nitrogens is 1. The van der Waals surface area contributed by atoms with E-state index in [1.54, 1.807) is 22.7 Å². The number of thiophene rings is 1. The van der Waals surface area contributed by atoms with Crippen LogP contribution < -0.4 is 5.73 Å². The lowest BCUT2D eigenvalue weighted by atomic mass is 10.3. The molecule has 0 unspecified atom stereocenters. The SMILES string of the molecule is NCCCc1nc(-c2ccc(Br)s2)cs1. The largest absolute Gasteiger partial charge is 0.330 e. The summed E-state index contributed by atoms with van der Waals surface area (Å²) < 4.78 is 1.15. The van der Waals surface area contributed by atoms with Gasteiger partial charge in [-0.3, -0.25) is 0 Å². The van der Waals surface area contributed by atoms with Gasteiger partial charge in [0, 0.05) is 11.8 Å². The fourth-order valence-electron chi connectivity index (χ4n) is 1.24. The molecular formula is C10H11BrN2S2. The maximum atomic E-state index is 5.47. The fourth-order valence-corrected chi connectivity index (χ4v) is 3.51. The lowest BCUT2D eigenvalue weighted by molar-refractivity contribution is 0.827. The number of nitrogens with two attached hydrogens (primary N) is 1. The zero-order valence-electron chi connectivity index (χ0n) is 8.07. The van der Waals surface area contributed by atoms with Crippen LogP contribution in [0, 0.1) is 0 Å². The van der Waals surface area contributed by atoms with Gasteiger partial charge in [0.05, 0.1) is 19.4 Å². The number of halogens is 1. The zero-order valence-corrected chi connectivity index (χ0v) is 11.3. The molecule has 0 fully saturated rings. The molecule has 2 aromatic heterocycles. The van der Waals surface area contributed by atoms with E-state index in [1.807, 2.05) is 0 Å². The third-order valence-electron chi connectivity index (χ3n) is 1.97. The lowest BCUT2D eigenvalue weighted by Crippen LogP contribution is -1.99. The van der Waals surface area contributed by atoms with E-state index in [0.717, 1.165) is 28.9 Å². The van der Waals surface area contributed by atoms with E-state index in [-0.39, 0.29) is 0 Å². The van der Waals surface area contributed by atoms with Gasteiger partial charge in [0.1, 0.15) is 0 Å². The monoisotopic (exact) mass is 302 g/mol. The number of aryl methyl sites for hydroxylation is 1. The molecule has 0 aliphatic carbocycles. The fraction of sp³-hybridized carbons (Fsp3) is 0.300. The first-order valence-corrected chi connectivity index (χ1v) is 7.18. The Labute approximate surface area is 105 Å². The normalized spacial score (nSPS) is 10.8. The standard InChI is InChI=1S/C10H11BrN2S2/c11-9-4-3-8(15-9)7-6-14-10(13-7)2-1-5-12/h3-4,6H,1-2,5,12H2. The van der Waals surface area contributed by atoms with Crippen molar-refractivity contribution in [1.29, 1.82) is 0 Å². The van der Waals surface area contributed by atoms with Gasteiger partial charge in [-0.2, -0.15) is 0 Å². The van der Waals surface area contributed by atoms with Crippen molar-refractivity contribution in [3.05, 3.63) is 26.3 Å². The van der Waals surface area contributed by atoms with E-state index < -0.39 is 0 Å². The van der Waals surface area contributed by atoms with E-state index in [1.165, 1.54) is 9.88 Å². The van der Waals surface area contributed by atoms with Crippen molar-refractivity contribution in [1.82, 2.24) is 4.98 Å². The minimum atomic E-state index is 0.736. The van der Waals surface area contributed by atoms with Gasteiger partial charge in [-0.15, -0.1) is 22.7 Å².